The van der Waals surface area contributed by atoms with Crippen LogP contribution in [0.4, 0.5) is 0 Å². The second kappa shape index (κ2) is 5.09. The Labute approximate surface area is 77.6 Å². The lowest BCUT2D eigenvalue weighted by atomic mass is 10.0. The van der Waals surface area contributed by atoms with Crippen LogP contribution in [-0.4, -0.2) is 27.6 Å². The average molecular weight is 188 g/mol. The Kier molecular flexibility index (Phi) is 4.80. The predicted octanol–water partition coefficient (Wildman–Crippen LogP) is 0.406. The largest absolute Gasteiger partial charge is 0.365 e. The van der Waals surface area contributed by atoms with Gasteiger partial charge in [0.1, 0.15) is 11.6 Å². The summed E-state index contributed by atoms with van der Waals surface area (Å²) in [5.41, 5.74) is 0. The molecular weight excluding hydrogens is 172 g/mol. The zero-order chi connectivity index (χ0) is 10.5. The number of aliphatic hydroxyl groups is 2. The Hall–Kier alpha value is -0.740. The Bertz CT molecular complexity index is 196. The van der Waals surface area contributed by atoms with Gasteiger partial charge in [-0.15, -0.1) is 0 Å². The molecule has 0 saturated carbocycles. The molecule has 0 heterocycles. The highest BCUT2D eigenvalue weighted by Gasteiger charge is 2.24. The van der Waals surface area contributed by atoms with E-state index < -0.39 is 5.79 Å². The lowest BCUT2D eigenvalue weighted by Gasteiger charge is -2.19. The molecule has 4 nitrogen and oxygen atoms in total. The van der Waals surface area contributed by atoms with Crippen LogP contribution in [0.15, 0.2) is 0 Å². The van der Waals surface area contributed by atoms with E-state index in [9.17, 15) is 19.8 Å². The van der Waals surface area contributed by atoms with E-state index in [1.807, 2.05) is 0 Å². The summed E-state index contributed by atoms with van der Waals surface area (Å²) in [4.78, 5) is 21.1. The van der Waals surface area contributed by atoms with Crippen molar-refractivity contribution in [1.29, 1.82) is 0 Å². The molecule has 0 aliphatic rings. The lowest BCUT2D eigenvalue weighted by Crippen LogP contribution is -2.30. The molecule has 0 saturated heterocycles. The molecule has 0 fully saturated rings. The van der Waals surface area contributed by atoms with Gasteiger partial charge in [0.25, 0.3) is 0 Å². The summed E-state index contributed by atoms with van der Waals surface area (Å²) in [5, 5.41) is 18.4. The van der Waals surface area contributed by atoms with Gasteiger partial charge in [-0.2, -0.15) is 0 Å². The van der Waals surface area contributed by atoms with Crippen LogP contribution in [0.5, 0.6) is 0 Å². The molecule has 13 heavy (non-hydrogen) atoms. The highest BCUT2D eigenvalue weighted by molar-refractivity contribution is 5.76. The van der Waals surface area contributed by atoms with Crippen LogP contribution in [0.2, 0.25) is 0 Å². The smallest absolute Gasteiger partial charge is 0.169 e. The van der Waals surface area contributed by atoms with Crippen LogP contribution in [-0.2, 0) is 9.59 Å². The molecule has 0 spiro atoms. The van der Waals surface area contributed by atoms with Gasteiger partial charge in [-0.3, -0.25) is 4.79 Å². The molecule has 2 N–H and O–H groups in total. The van der Waals surface area contributed by atoms with Crippen LogP contribution in [0.25, 0.3) is 0 Å². The summed E-state index contributed by atoms with van der Waals surface area (Å²) in [6.07, 6.45) is 0.507. The first-order valence-electron chi connectivity index (χ1n) is 4.27. The van der Waals surface area contributed by atoms with E-state index in [0.29, 0.717) is 12.8 Å². The molecule has 0 aromatic carbocycles. The van der Waals surface area contributed by atoms with Crippen molar-refractivity contribution in [3.8, 4) is 0 Å². The number of hydrogen-bond donors (Lipinski definition) is 2. The molecule has 4 heteroatoms. The van der Waals surface area contributed by atoms with Gasteiger partial charge in [0.2, 0.25) is 0 Å². The maximum absolute atomic E-state index is 10.6. The molecule has 0 bridgehead atoms. The van der Waals surface area contributed by atoms with Gasteiger partial charge in [-0.25, -0.2) is 0 Å². The number of hydrogen-bond acceptors (Lipinski definition) is 4. The van der Waals surface area contributed by atoms with Crippen LogP contribution < -0.4 is 0 Å². The topological polar surface area (TPSA) is 74.6 Å². The first kappa shape index (κ1) is 12.3. The number of carbonyl (C=O) groups is 2. The summed E-state index contributed by atoms with van der Waals surface area (Å²) in [6, 6.07) is 0. The zero-order valence-electron chi connectivity index (χ0n) is 8.04. The normalized spacial score (nSPS) is 11.4. The molecular formula is C9H16O4. The van der Waals surface area contributed by atoms with E-state index in [4.69, 9.17) is 0 Å². The van der Waals surface area contributed by atoms with E-state index in [1.165, 1.54) is 13.8 Å². The minimum absolute atomic E-state index is 0.0126. The summed E-state index contributed by atoms with van der Waals surface area (Å²) in [7, 11) is 0. The molecule has 0 atom stereocenters. The fraction of sp³-hybridized carbons (Fsp3) is 0.778. The minimum Gasteiger partial charge on any atom is -0.365 e. The Morgan fingerprint density at radius 3 is 2.08 bits per heavy atom. The third kappa shape index (κ3) is 7.62. The van der Waals surface area contributed by atoms with E-state index in [1.54, 1.807) is 0 Å². The summed E-state index contributed by atoms with van der Waals surface area (Å²) in [5.74, 6) is -2.20. The predicted molar refractivity (Wildman–Crippen MR) is 47.0 cm³/mol. The molecule has 0 aliphatic heterocycles. The standard InChI is InChI=1S/C9H16O4/c1-7(10)4-3-5-9(12,13)6-8(2)11/h12-13H,3-6H2,1-2H3. The summed E-state index contributed by atoms with van der Waals surface area (Å²) in [6.45, 7) is 2.74. The van der Waals surface area contributed by atoms with Crippen molar-refractivity contribution in [3.63, 3.8) is 0 Å². The summed E-state index contributed by atoms with van der Waals surface area (Å²) >= 11 is 0. The van der Waals surface area contributed by atoms with Gasteiger partial charge in [0, 0.05) is 12.8 Å². The third-order valence-electron chi connectivity index (χ3n) is 1.64. The van der Waals surface area contributed by atoms with Gasteiger partial charge in [-0.05, 0) is 20.3 Å². The molecule has 0 aromatic rings. The van der Waals surface area contributed by atoms with Crippen molar-refractivity contribution >= 4 is 11.6 Å². The zero-order valence-corrected chi connectivity index (χ0v) is 8.04. The van der Waals surface area contributed by atoms with Crippen molar-refractivity contribution in [2.24, 2.45) is 0 Å². The molecule has 0 amide bonds. The van der Waals surface area contributed by atoms with Gasteiger partial charge in [-0.1, -0.05) is 0 Å². The fourth-order valence-corrected chi connectivity index (χ4v) is 1.11. The van der Waals surface area contributed by atoms with Crippen molar-refractivity contribution in [2.75, 3.05) is 0 Å². The van der Waals surface area contributed by atoms with Crippen LogP contribution >= 0.6 is 0 Å². The number of Topliss-reactive ketones (excluding diaryl/α,β-unsaturated/α-hetero) is 2. The number of rotatable bonds is 6. The van der Waals surface area contributed by atoms with Gasteiger partial charge < -0.3 is 15.0 Å². The van der Waals surface area contributed by atoms with Crippen molar-refractivity contribution in [1.82, 2.24) is 0 Å². The van der Waals surface area contributed by atoms with E-state index in [2.05, 4.69) is 0 Å². The first-order chi connectivity index (χ1) is 5.83. The highest BCUT2D eigenvalue weighted by atomic mass is 16.5. The van der Waals surface area contributed by atoms with Crippen LogP contribution in [0.1, 0.15) is 39.5 Å². The highest BCUT2D eigenvalue weighted by Crippen LogP contribution is 2.15. The van der Waals surface area contributed by atoms with Crippen molar-refractivity contribution in [2.45, 2.75) is 45.3 Å². The molecule has 76 valence electrons. The van der Waals surface area contributed by atoms with Crippen molar-refractivity contribution < 1.29 is 19.8 Å². The van der Waals surface area contributed by atoms with Crippen LogP contribution in [0.3, 0.4) is 0 Å². The van der Waals surface area contributed by atoms with Crippen LogP contribution in [0, 0.1) is 0 Å². The Morgan fingerprint density at radius 1 is 1.15 bits per heavy atom. The molecule has 0 aromatic heterocycles. The monoisotopic (exact) mass is 188 g/mol. The van der Waals surface area contributed by atoms with Crippen molar-refractivity contribution in [3.05, 3.63) is 0 Å². The van der Waals surface area contributed by atoms with E-state index >= 15 is 0 Å². The third-order valence-corrected chi connectivity index (χ3v) is 1.64. The quantitative estimate of drug-likeness (QED) is 0.592. The fourth-order valence-electron chi connectivity index (χ4n) is 1.11. The number of carbonyl (C=O) groups excluding carboxylic acids is 2. The Morgan fingerprint density at radius 2 is 1.69 bits per heavy atom. The van der Waals surface area contributed by atoms with Gasteiger partial charge in [0.15, 0.2) is 5.79 Å². The minimum atomic E-state index is -1.94. The molecule has 0 aliphatic carbocycles. The van der Waals surface area contributed by atoms with E-state index in [-0.39, 0.29) is 24.4 Å². The van der Waals surface area contributed by atoms with Gasteiger partial charge >= 0.3 is 0 Å². The summed E-state index contributed by atoms with van der Waals surface area (Å²) < 4.78 is 0. The number of ketones is 2. The Balaban J connectivity index is 3.75. The lowest BCUT2D eigenvalue weighted by molar-refractivity contribution is -0.174. The SMILES string of the molecule is CC(=O)CCCC(O)(O)CC(C)=O. The molecule has 0 rings (SSSR count). The molecule has 0 radical (unpaired) electrons. The van der Waals surface area contributed by atoms with E-state index in [0.717, 1.165) is 0 Å². The second-order valence-electron chi connectivity index (χ2n) is 3.42. The molecule has 0 unspecified atom stereocenters. The maximum atomic E-state index is 10.6. The maximum Gasteiger partial charge on any atom is 0.169 e. The second-order valence-corrected chi connectivity index (χ2v) is 3.42. The average Bonchev–Trinajstić information content (AvgIpc) is 1.81. The first-order valence-corrected chi connectivity index (χ1v) is 4.27. The van der Waals surface area contributed by atoms with Gasteiger partial charge in [0.05, 0.1) is 6.42 Å².